The van der Waals surface area contributed by atoms with Crippen molar-refractivity contribution in [1.82, 2.24) is 10.2 Å². The molecule has 0 atom stereocenters. The van der Waals surface area contributed by atoms with Crippen LogP contribution in [-0.4, -0.2) is 42.4 Å². The van der Waals surface area contributed by atoms with E-state index in [1.54, 1.807) is 0 Å². The van der Waals surface area contributed by atoms with E-state index in [-0.39, 0.29) is 11.3 Å². The highest BCUT2D eigenvalue weighted by molar-refractivity contribution is 9.10. The maximum absolute atomic E-state index is 11.9. The lowest BCUT2D eigenvalue weighted by Gasteiger charge is -2.22. The van der Waals surface area contributed by atoms with Crippen LogP contribution in [0, 0.1) is 0 Å². The number of carboxylic acid groups (broad SMARTS) is 1. The number of carboxylic acids is 1. The number of nitrogens with zero attached hydrogens (tertiary/aromatic N) is 1. The van der Waals surface area contributed by atoms with Crippen molar-refractivity contribution in [2.45, 2.75) is 0 Å². The summed E-state index contributed by atoms with van der Waals surface area (Å²) in [6, 6.07) is 3.75. The van der Waals surface area contributed by atoms with E-state index in [4.69, 9.17) is 4.74 Å². The van der Waals surface area contributed by atoms with Gasteiger partial charge >= 0.3 is 6.03 Å². The summed E-state index contributed by atoms with van der Waals surface area (Å²) >= 11 is 3.20. The molecule has 1 aromatic carbocycles. The third-order valence-corrected chi connectivity index (χ3v) is 3.54. The number of likely N-dealkylation sites (N-methyl/N-ethyl adjacent to an activating group) is 1. The highest BCUT2D eigenvalue weighted by atomic mass is 79.9. The number of hydrogen-bond donors (Lipinski definition) is 1. The fraction of sp³-hybridized carbons (Fsp3) is 0.143. The van der Waals surface area contributed by atoms with Crippen molar-refractivity contribution in [2.24, 2.45) is 0 Å². The Balaban J connectivity index is 2.27. The first-order valence-electron chi connectivity index (χ1n) is 6.27. The van der Waals surface area contributed by atoms with Gasteiger partial charge in [-0.25, -0.2) is 4.79 Å². The van der Waals surface area contributed by atoms with Crippen LogP contribution in [0.3, 0.4) is 0 Å². The zero-order chi connectivity index (χ0) is 17.1. The van der Waals surface area contributed by atoms with Gasteiger partial charge in [0, 0.05) is 7.05 Å². The topological polar surface area (TPSA) is 116 Å². The molecule has 0 aliphatic carbocycles. The number of amides is 4. The molecule has 1 saturated heterocycles. The van der Waals surface area contributed by atoms with E-state index in [2.05, 4.69) is 15.9 Å². The van der Waals surface area contributed by atoms with Crippen LogP contribution in [0.1, 0.15) is 5.56 Å². The number of carbonyl (C=O) groups excluding carboxylic acids is 4. The second kappa shape index (κ2) is 6.61. The maximum Gasteiger partial charge on any atom is 0.331 e. The van der Waals surface area contributed by atoms with Crippen LogP contribution in [0.25, 0.3) is 6.08 Å². The first kappa shape index (κ1) is 16.7. The van der Waals surface area contributed by atoms with Gasteiger partial charge in [0.15, 0.2) is 0 Å². The molecule has 1 aromatic rings. The molecule has 0 aromatic heterocycles. The number of imide groups is 2. The molecule has 0 radical (unpaired) electrons. The number of barbiturate groups is 1. The molecule has 1 N–H and O–H groups in total. The zero-order valence-electron chi connectivity index (χ0n) is 11.8. The summed E-state index contributed by atoms with van der Waals surface area (Å²) in [6.45, 7) is -0.604. The third kappa shape index (κ3) is 3.75. The molecule has 8 nitrogen and oxygen atoms in total. The standard InChI is InChI=1S/C14H11BrN2O6/c1-17-13(21)8(12(20)16-14(17)22)4-7-2-3-10(9(15)5-7)23-6-11(18)19/h2-5H,6H2,1H3,(H,18,19)(H,16,20,22)/p-1/b8-4+. The van der Waals surface area contributed by atoms with E-state index in [0.717, 1.165) is 4.90 Å². The quantitative estimate of drug-likeness (QED) is 0.563. The lowest BCUT2D eigenvalue weighted by molar-refractivity contribution is -0.307. The lowest BCUT2D eigenvalue weighted by atomic mass is 10.1. The van der Waals surface area contributed by atoms with Gasteiger partial charge in [0.2, 0.25) is 0 Å². The highest BCUT2D eigenvalue weighted by Gasteiger charge is 2.32. The summed E-state index contributed by atoms with van der Waals surface area (Å²) < 4.78 is 5.42. The van der Waals surface area contributed by atoms with E-state index in [9.17, 15) is 24.3 Å². The van der Waals surface area contributed by atoms with E-state index < -0.39 is 30.4 Å². The van der Waals surface area contributed by atoms with Gasteiger partial charge in [-0.3, -0.25) is 19.8 Å². The van der Waals surface area contributed by atoms with Gasteiger partial charge in [-0.05, 0) is 39.7 Å². The number of urea groups is 1. The molecule has 0 unspecified atom stereocenters. The van der Waals surface area contributed by atoms with Gasteiger partial charge < -0.3 is 14.6 Å². The Morgan fingerprint density at radius 2 is 2.09 bits per heavy atom. The van der Waals surface area contributed by atoms with Crippen LogP contribution in [-0.2, 0) is 14.4 Å². The van der Waals surface area contributed by atoms with Gasteiger partial charge in [-0.2, -0.15) is 0 Å². The Labute approximate surface area is 138 Å². The van der Waals surface area contributed by atoms with Gasteiger partial charge in [-0.1, -0.05) is 6.07 Å². The summed E-state index contributed by atoms with van der Waals surface area (Å²) in [4.78, 5) is 46.2. The molecule has 1 fully saturated rings. The van der Waals surface area contributed by atoms with Crippen LogP contribution >= 0.6 is 15.9 Å². The van der Waals surface area contributed by atoms with Crippen LogP contribution in [0.5, 0.6) is 5.75 Å². The van der Waals surface area contributed by atoms with Crippen molar-refractivity contribution in [3.63, 3.8) is 0 Å². The van der Waals surface area contributed by atoms with Gasteiger partial charge in [0.05, 0.1) is 10.4 Å². The van der Waals surface area contributed by atoms with E-state index in [1.165, 1.54) is 31.3 Å². The number of carbonyl (C=O) groups is 4. The van der Waals surface area contributed by atoms with E-state index >= 15 is 0 Å². The van der Waals surface area contributed by atoms with Crippen LogP contribution in [0.4, 0.5) is 4.79 Å². The van der Waals surface area contributed by atoms with Gasteiger partial charge in [0.25, 0.3) is 11.8 Å². The number of benzene rings is 1. The molecule has 23 heavy (non-hydrogen) atoms. The van der Waals surface area contributed by atoms with Crippen molar-refractivity contribution in [3.05, 3.63) is 33.8 Å². The summed E-state index contributed by atoms with van der Waals surface area (Å²) in [5.41, 5.74) is 0.293. The average molecular weight is 382 g/mol. The monoisotopic (exact) mass is 381 g/mol. The minimum atomic E-state index is -1.36. The molecule has 0 spiro atoms. The minimum Gasteiger partial charge on any atom is -0.546 e. The molecule has 0 saturated carbocycles. The van der Waals surface area contributed by atoms with Gasteiger partial charge in [0.1, 0.15) is 17.9 Å². The molecule has 1 aliphatic heterocycles. The summed E-state index contributed by atoms with van der Waals surface area (Å²) in [5.74, 6) is -2.60. The molecule has 0 bridgehead atoms. The smallest absolute Gasteiger partial charge is 0.331 e. The summed E-state index contributed by atoms with van der Waals surface area (Å²) in [5, 5.41) is 12.4. The third-order valence-electron chi connectivity index (χ3n) is 2.92. The largest absolute Gasteiger partial charge is 0.546 e. The fourth-order valence-corrected chi connectivity index (χ4v) is 2.28. The zero-order valence-corrected chi connectivity index (χ0v) is 13.4. The Hall–Kier alpha value is -2.68. The van der Waals surface area contributed by atoms with Crippen molar-refractivity contribution in [3.8, 4) is 5.75 Å². The number of ether oxygens (including phenoxy) is 1. The Kier molecular flexibility index (Phi) is 4.80. The average Bonchev–Trinajstić information content (AvgIpc) is 2.48. The predicted molar refractivity (Wildman–Crippen MR) is 78.9 cm³/mol. The number of nitrogens with one attached hydrogen (secondary N) is 1. The SMILES string of the molecule is CN1C(=O)NC(=O)/C(=C\c2ccc(OCC(=O)[O-])c(Br)c2)C1=O. The van der Waals surface area contributed by atoms with Crippen molar-refractivity contribution >= 4 is 45.8 Å². The normalized spacial score (nSPS) is 16.5. The maximum atomic E-state index is 11.9. The van der Waals surface area contributed by atoms with Gasteiger partial charge in [-0.15, -0.1) is 0 Å². The molecule has 4 amide bonds. The molecule has 1 aliphatic rings. The van der Waals surface area contributed by atoms with Crippen LogP contribution < -0.4 is 15.2 Å². The van der Waals surface area contributed by atoms with Crippen LogP contribution in [0.2, 0.25) is 0 Å². The lowest BCUT2D eigenvalue weighted by Crippen LogP contribution is -2.52. The number of halogens is 1. The second-order valence-electron chi connectivity index (χ2n) is 4.53. The Morgan fingerprint density at radius 1 is 1.39 bits per heavy atom. The van der Waals surface area contributed by atoms with Crippen LogP contribution in [0.15, 0.2) is 28.2 Å². The molecule has 1 heterocycles. The van der Waals surface area contributed by atoms with Crippen molar-refractivity contribution < 1.29 is 29.0 Å². The second-order valence-corrected chi connectivity index (χ2v) is 5.39. The minimum absolute atomic E-state index is 0.192. The van der Waals surface area contributed by atoms with E-state index in [0.29, 0.717) is 10.0 Å². The number of hydrogen-bond acceptors (Lipinski definition) is 6. The summed E-state index contributed by atoms with van der Waals surface area (Å²) in [7, 11) is 1.25. The van der Waals surface area contributed by atoms with Crippen molar-refractivity contribution in [1.29, 1.82) is 0 Å². The first-order chi connectivity index (χ1) is 10.8. The van der Waals surface area contributed by atoms with E-state index in [1.807, 2.05) is 5.32 Å². The molecular weight excluding hydrogens is 372 g/mol. The number of rotatable bonds is 4. The molecule has 9 heteroatoms. The molecule has 120 valence electrons. The number of aliphatic carboxylic acids is 1. The first-order valence-corrected chi connectivity index (χ1v) is 7.06. The summed E-state index contributed by atoms with van der Waals surface area (Å²) in [6.07, 6.45) is 1.31. The Bertz CT molecular complexity index is 743. The van der Waals surface area contributed by atoms with Crippen molar-refractivity contribution in [2.75, 3.05) is 13.7 Å². The highest BCUT2D eigenvalue weighted by Crippen LogP contribution is 2.27. The predicted octanol–water partition coefficient (Wildman–Crippen LogP) is -0.331. The Morgan fingerprint density at radius 3 is 2.70 bits per heavy atom. The fourth-order valence-electron chi connectivity index (χ4n) is 1.77. The molecular formula is C14H10BrN2O6-. The molecule has 2 rings (SSSR count).